The van der Waals surface area contributed by atoms with Crippen molar-refractivity contribution in [3.63, 3.8) is 0 Å². The van der Waals surface area contributed by atoms with Gasteiger partial charge in [-0.25, -0.2) is 9.50 Å². The summed E-state index contributed by atoms with van der Waals surface area (Å²) in [5.74, 6) is 5.32. The molecule has 0 unspecified atom stereocenters. The molecule has 196 valence electrons. The van der Waals surface area contributed by atoms with Crippen LogP contribution in [0.1, 0.15) is 47.1 Å². The van der Waals surface area contributed by atoms with Gasteiger partial charge in [-0.15, -0.1) is 5.10 Å². The van der Waals surface area contributed by atoms with Gasteiger partial charge in [0.15, 0.2) is 11.5 Å². The summed E-state index contributed by atoms with van der Waals surface area (Å²) >= 11 is 0. The lowest BCUT2D eigenvalue weighted by atomic mass is 10.0. The molecular formula is C30H24N8O2. The average molecular weight is 534 g/mol. The van der Waals surface area contributed by atoms with E-state index in [0.29, 0.717) is 16.6 Å². The van der Waals surface area contributed by atoms with Crippen LogP contribution in [0.3, 0.4) is 0 Å². The number of pyridine rings is 1. The number of amides is 1. The van der Waals surface area contributed by atoms with Crippen molar-refractivity contribution in [2.75, 3.05) is 5.73 Å². The van der Waals surface area contributed by atoms with Crippen LogP contribution in [0.2, 0.25) is 0 Å². The maximum atomic E-state index is 14.4. The Labute approximate surface area is 235 Å². The van der Waals surface area contributed by atoms with E-state index in [9.17, 15) is 9.59 Å². The fraction of sp³-hybridized carbons (Fsp3) is 0.100. The lowest BCUT2D eigenvalue weighted by molar-refractivity contribution is 0.0941. The molecule has 0 aliphatic carbocycles. The Morgan fingerprint density at radius 3 is 2.73 bits per heavy atom. The molecule has 0 aliphatic heterocycles. The number of fused-ring (bicyclic) bond motifs is 2. The van der Waals surface area contributed by atoms with E-state index in [1.165, 1.54) is 10.7 Å². The number of para-hydroxylation sites is 1. The smallest absolute Gasteiger partial charge is 0.264 e. The summed E-state index contributed by atoms with van der Waals surface area (Å²) in [5.41, 5.74) is 6.35. The van der Waals surface area contributed by atoms with Crippen LogP contribution in [0, 0.1) is 11.8 Å². The van der Waals surface area contributed by atoms with Crippen LogP contribution >= 0.6 is 0 Å². The largest absolute Gasteiger partial charge is 0.381 e. The molecule has 0 radical (unpaired) electrons. The lowest BCUT2D eigenvalue weighted by Crippen LogP contribution is -2.32. The molecule has 4 aromatic heterocycles. The topological polar surface area (TPSA) is 125 Å². The summed E-state index contributed by atoms with van der Waals surface area (Å²) in [7, 11) is 1.73. The fourth-order valence-electron chi connectivity index (χ4n) is 4.48. The van der Waals surface area contributed by atoms with Crippen molar-refractivity contribution in [1.29, 1.82) is 0 Å². The highest BCUT2D eigenvalue weighted by Crippen LogP contribution is 2.24. The number of benzene rings is 2. The molecule has 2 aromatic carbocycles. The molecule has 0 fully saturated rings. The Hall–Kier alpha value is -5.69. The minimum absolute atomic E-state index is 0.0210. The molecule has 6 aromatic rings. The van der Waals surface area contributed by atoms with Gasteiger partial charge >= 0.3 is 0 Å². The molecule has 0 bridgehead atoms. The molecule has 10 heteroatoms. The summed E-state index contributed by atoms with van der Waals surface area (Å²) in [6.45, 7) is 1.60. The highest BCUT2D eigenvalue weighted by molar-refractivity contribution is 6.04. The Morgan fingerprint density at radius 2 is 1.95 bits per heavy atom. The summed E-state index contributed by atoms with van der Waals surface area (Å²) in [5, 5.41) is 11.7. The van der Waals surface area contributed by atoms with Gasteiger partial charge in [0.2, 0.25) is 0 Å². The van der Waals surface area contributed by atoms with Gasteiger partial charge in [-0.2, -0.15) is 5.10 Å². The van der Waals surface area contributed by atoms with Gasteiger partial charge in [0.05, 0.1) is 24.5 Å². The van der Waals surface area contributed by atoms with E-state index in [1.807, 2.05) is 0 Å². The van der Waals surface area contributed by atoms with Gasteiger partial charge in [-0.3, -0.25) is 18.8 Å². The zero-order valence-electron chi connectivity index (χ0n) is 26.4. The van der Waals surface area contributed by atoms with Gasteiger partial charge in [-0.05, 0) is 54.6 Å². The Kier molecular flexibility index (Phi) is 4.79. The van der Waals surface area contributed by atoms with Crippen molar-refractivity contribution in [3.8, 4) is 17.5 Å². The number of hydrogen-bond donors (Lipinski definition) is 2. The second-order valence-electron chi connectivity index (χ2n) is 8.89. The van der Waals surface area contributed by atoms with E-state index in [1.54, 1.807) is 67.4 Å². The van der Waals surface area contributed by atoms with E-state index in [-0.39, 0.29) is 33.8 Å². The van der Waals surface area contributed by atoms with Gasteiger partial charge < -0.3 is 11.1 Å². The number of anilines is 1. The second kappa shape index (κ2) is 9.89. The third kappa shape index (κ3) is 4.25. The predicted molar refractivity (Wildman–Crippen MR) is 152 cm³/mol. The number of carbonyl (C=O) groups excluding carboxylic acids is 1. The van der Waals surface area contributed by atoms with Crippen LogP contribution in [-0.4, -0.2) is 34.9 Å². The average Bonchev–Trinajstić information content (AvgIpc) is 3.59. The number of nitrogen functional groups attached to an aromatic ring is 1. The SMILES string of the molecule is [2H]c1c([2H])c([2H])c(-n2c([C@@H](C)NC(=O)c3c(N)nn4cccnc34)cc3cccc(C#Cc4ccnn4C)c3c2=O)c([2H])c1[2H]. The maximum absolute atomic E-state index is 14.4. The third-order valence-electron chi connectivity index (χ3n) is 6.37. The Morgan fingerprint density at radius 1 is 1.12 bits per heavy atom. The first-order valence-corrected chi connectivity index (χ1v) is 12.1. The van der Waals surface area contributed by atoms with Gasteiger partial charge in [0.1, 0.15) is 11.3 Å². The molecule has 1 amide bonds. The third-order valence-corrected chi connectivity index (χ3v) is 6.37. The number of nitrogens with zero attached hydrogens (tertiary/aromatic N) is 6. The van der Waals surface area contributed by atoms with Crippen LogP contribution < -0.4 is 16.6 Å². The van der Waals surface area contributed by atoms with E-state index >= 15 is 0 Å². The molecule has 1 atom stereocenters. The summed E-state index contributed by atoms with van der Waals surface area (Å²) in [4.78, 5) is 32.2. The first-order valence-electron chi connectivity index (χ1n) is 14.6. The molecule has 0 spiro atoms. The van der Waals surface area contributed by atoms with Crippen molar-refractivity contribution >= 4 is 28.1 Å². The number of aryl methyl sites for hydroxylation is 1. The number of rotatable bonds is 4. The number of nitrogens with one attached hydrogen (secondary N) is 1. The number of carbonyl (C=O) groups is 1. The quantitative estimate of drug-likeness (QED) is 0.335. The van der Waals surface area contributed by atoms with Crippen molar-refractivity contribution in [1.82, 2.24) is 34.3 Å². The highest BCUT2D eigenvalue weighted by Gasteiger charge is 2.24. The minimum atomic E-state index is -0.935. The zero-order valence-corrected chi connectivity index (χ0v) is 21.4. The van der Waals surface area contributed by atoms with Crippen LogP contribution in [0.4, 0.5) is 5.82 Å². The molecule has 4 heterocycles. The van der Waals surface area contributed by atoms with Crippen molar-refractivity contribution in [2.45, 2.75) is 13.0 Å². The molecule has 0 saturated carbocycles. The Bertz CT molecular complexity index is 2290. The van der Waals surface area contributed by atoms with E-state index in [4.69, 9.17) is 12.6 Å². The van der Waals surface area contributed by atoms with Crippen LogP contribution in [0.25, 0.3) is 22.1 Å². The number of aromatic nitrogens is 6. The van der Waals surface area contributed by atoms with E-state index in [0.717, 1.165) is 4.57 Å². The van der Waals surface area contributed by atoms with Crippen LogP contribution in [-0.2, 0) is 7.05 Å². The van der Waals surface area contributed by atoms with E-state index in [2.05, 4.69) is 32.3 Å². The van der Waals surface area contributed by atoms with Gasteiger partial charge in [0.25, 0.3) is 11.5 Å². The summed E-state index contributed by atoms with van der Waals surface area (Å²) in [6, 6.07) is 6.11. The first kappa shape index (κ1) is 19.4. The molecule has 0 saturated heterocycles. The lowest BCUT2D eigenvalue weighted by Gasteiger charge is -2.21. The van der Waals surface area contributed by atoms with Crippen molar-refractivity contribution < 1.29 is 11.6 Å². The van der Waals surface area contributed by atoms with Crippen LogP contribution in [0.5, 0.6) is 0 Å². The molecule has 3 N–H and O–H groups in total. The highest BCUT2D eigenvalue weighted by atomic mass is 16.2. The van der Waals surface area contributed by atoms with Crippen molar-refractivity contribution in [3.05, 3.63) is 118 Å². The van der Waals surface area contributed by atoms with Crippen molar-refractivity contribution in [2.24, 2.45) is 7.05 Å². The first-order chi connectivity index (χ1) is 21.5. The summed E-state index contributed by atoms with van der Waals surface area (Å²) in [6.07, 6.45) is 4.68. The Balaban J connectivity index is 1.59. The zero-order chi connectivity index (χ0) is 32.2. The molecule has 40 heavy (non-hydrogen) atoms. The molecular weight excluding hydrogens is 504 g/mol. The predicted octanol–water partition coefficient (Wildman–Crippen LogP) is 3.24. The van der Waals surface area contributed by atoms with E-state index < -0.39 is 47.7 Å². The monoisotopic (exact) mass is 533 g/mol. The standard InChI is InChI=1S/C30H24N8O2/c1-19(34-29(39)26-27(31)35-37-17-7-15-32-28(26)37)24-18-21-9-6-8-20(12-13-22-14-16-33-36(22)2)25(21)30(40)38(24)23-10-4-3-5-11-23/h3-11,14-19H,1-2H3,(H2,31,35)(H,34,39)/t19-/m1/s1/i3D,4D,5D,10D,11D. The van der Waals surface area contributed by atoms with Gasteiger partial charge in [0, 0.05) is 36.4 Å². The normalized spacial score (nSPS) is 13.5. The second-order valence-corrected chi connectivity index (χ2v) is 8.89. The number of hydrogen-bond acceptors (Lipinski definition) is 6. The molecule has 0 aliphatic rings. The maximum Gasteiger partial charge on any atom is 0.264 e. The molecule has 10 nitrogen and oxygen atoms in total. The number of nitrogens with two attached hydrogens (primary N) is 1. The fourth-order valence-corrected chi connectivity index (χ4v) is 4.48. The minimum Gasteiger partial charge on any atom is -0.381 e. The van der Waals surface area contributed by atoms with Crippen LogP contribution in [0.15, 0.2) is 90.0 Å². The molecule has 6 rings (SSSR count). The summed E-state index contributed by atoms with van der Waals surface area (Å²) < 4.78 is 45.9. The van der Waals surface area contributed by atoms with Gasteiger partial charge in [-0.1, -0.05) is 36.2 Å².